The van der Waals surface area contributed by atoms with E-state index < -0.39 is 0 Å². The molecule has 0 aliphatic carbocycles. The van der Waals surface area contributed by atoms with Gasteiger partial charge in [-0.15, -0.1) is 0 Å². The van der Waals surface area contributed by atoms with E-state index in [1.165, 1.54) is 0 Å². The number of benzene rings is 1. The molecule has 0 radical (unpaired) electrons. The van der Waals surface area contributed by atoms with E-state index in [4.69, 9.17) is 10.3 Å². The van der Waals surface area contributed by atoms with Crippen molar-refractivity contribution in [1.29, 1.82) is 0 Å². The fourth-order valence-electron chi connectivity index (χ4n) is 1.67. The van der Waals surface area contributed by atoms with Crippen LogP contribution in [0.15, 0.2) is 28.8 Å². The summed E-state index contributed by atoms with van der Waals surface area (Å²) in [6.45, 7) is 8.19. The molecule has 96 valence electrons. The van der Waals surface area contributed by atoms with Gasteiger partial charge >= 0.3 is 0 Å². The average molecular weight is 245 g/mol. The van der Waals surface area contributed by atoms with Crippen molar-refractivity contribution < 1.29 is 4.52 Å². The van der Waals surface area contributed by atoms with Crippen LogP contribution < -0.4 is 5.73 Å². The van der Waals surface area contributed by atoms with Crippen molar-refractivity contribution in [2.45, 2.75) is 33.7 Å². The van der Waals surface area contributed by atoms with Gasteiger partial charge in [0.15, 0.2) is 5.82 Å². The Labute approximate surface area is 107 Å². The van der Waals surface area contributed by atoms with Gasteiger partial charge in [-0.2, -0.15) is 4.98 Å². The van der Waals surface area contributed by atoms with Gasteiger partial charge in [0.05, 0.1) is 6.04 Å². The molecule has 0 saturated carbocycles. The lowest BCUT2D eigenvalue weighted by Gasteiger charge is -2.23. The van der Waals surface area contributed by atoms with Crippen LogP contribution >= 0.6 is 0 Å². The number of hydrogen-bond acceptors (Lipinski definition) is 4. The van der Waals surface area contributed by atoms with Crippen LogP contribution in [-0.2, 0) is 0 Å². The second-order valence-corrected chi connectivity index (χ2v) is 5.62. The highest BCUT2D eigenvalue weighted by Gasteiger charge is 2.27. The average Bonchev–Trinajstić information content (AvgIpc) is 2.76. The second-order valence-electron chi connectivity index (χ2n) is 5.62. The zero-order valence-electron chi connectivity index (χ0n) is 11.3. The minimum atomic E-state index is -0.237. The summed E-state index contributed by atoms with van der Waals surface area (Å²) in [7, 11) is 0. The molecule has 2 N–H and O–H groups in total. The normalized spacial score (nSPS) is 13.6. The molecule has 0 amide bonds. The third kappa shape index (κ3) is 2.43. The standard InChI is InChI=1S/C14H19N3O/c1-9-7-5-6-8-10(9)13-16-12(17-18-13)11(15)14(2,3)4/h5-8,11H,15H2,1-4H3. The molecule has 18 heavy (non-hydrogen) atoms. The SMILES string of the molecule is Cc1ccccc1-c1nc(C(N)C(C)(C)C)no1. The maximum atomic E-state index is 6.12. The lowest BCUT2D eigenvalue weighted by atomic mass is 9.87. The number of nitrogens with two attached hydrogens (primary N) is 1. The van der Waals surface area contributed by atoms with Crippen molar-refractivity contribution in [3.8, 4) is 11.5 Å². The van der Waals surface area contributed by atoms with E-state index in [0.717, 1.165) is 11.1 Å². The van der Waals surface area contributed by atoms with E-state index >= 15 is 0 Å². The Morgan fingerprint density at radius 2 is 1.89 bits per heavy atom. The molecule has 2 aromatic rings. The Bertz CT molecular complexity index is 540. The summed E-state index contributed by atoms with van der Waals surface area (Å²) in [5.41, 5.74) is 8.09. The largest absolute Gasteiger partial charge is 0.334 e. The van der Waals surface area contributed by atoms with Gasteiger partial charge in [0.2, 0.25) is 0 Å². The summed E-state index contributed by atoms with van der Waals surface area (Å²) in [5, 5.41) is 3.99. The van der Waals surface area contributed by atoms with Crippen LogP contribution in [0.1, 0.15) is 38.2 Å². The van der Waals surface area contributed by atoms with Crippen molar-refractivity contribution in [3.05, 3.63) is 35.7 Å². The quantitative estimate of drug-likeness (QED) is 0.883. The van der Waals surface area contributed by atoms with Crippen LogP contribution in [0.4, 0.5) is 0 Å². The number of nitrogens with zero attached hydrogens (tertiary/aromatic N) is 2. The van der Waals surface area contributed by atoms with Crippen molar-refractivity contribution in [2.24, 2.45) is 11.1 Å². The van der Waals surface area contributed by atoms with Crippen molar-refractivity contribution in [3.63, 3.8) is 0 Å². The molecule has 0 aliphatic heterocycles. The molecule has 1 unspecified atom stereocenters. The monoisotopic (exact) mass is 245 g/mol. The second kappa shape index (κ2) is 4.53. The highest BCUT2D eigenvalue weighted by molar-refractivity contribution is 5.57. The molecule has 4 heteroatoms. The lowest BCUT2D eigenvalue weighted by Crippen LogP contribution is -2.27. The summed E-state index contributed by atoms with van der Waals surface area (Å²) in [6.07, 6.45) is 0. The summed E-state index contributed by atoms with van der Waals surface area (Å²) in [4.78, 5) is 4.40. The van der Waals surface area contributed by atoms with E-state index in [9.17, 15) is 0 Å². The van der Waals surface area contributed by atoms with Crippen molar-refractivity contribution in [2.75, 3.05) is 0 Å². The minimum absolute atomic E-state index is 0.0904. The van der Waals surface area contributed by atoms with Gasteiger partial charge in [-0.1, -0.05) is 44.1 Å². The third-order valence-electron chi connectivity index (χ3n) is 3.03. The maximum Gasteiger partial charge on any atom is 0.258 e. The van der Waals surface area contributed by atoms with Gasteiger partial charge in [-0.05, 0) is 24.0 Å². The predicted octanol–water partition coefficient (Wildman–Crippen LogP) is 3.09. The first-order valence-corrected chi connectivity index (χ1v) is 6.05. The molecular formula is C14H19N3O. The summed E-state index contributed by atoms with van der Waals surface area (Å²) < 4.78 is 5.31. The zero-order valence-corrected chi connectivity index (χ0v) is 11.3. The molecule has 4 nitrogen and oxygen atoms in total. The van der Waals surface area contributed by atoms with Crippen molar-refractivity contribution >= 4 is 0 Å². The minimum Gasteiger partial charge on any atom is -0.334 e. The van der Waals surface area contributed by atoms with Crippen molar-refractivity contribution in [1.82, 2.24) is 10.1 Å². The summed E-state index contributed by atoms with van der Waals surface area (Å²) >= 11 is 0. The highest BCUT2D eigenvalue weighted by atomic mass is 16.5. The third-order valence-corrected chi connectivity index (χ3v) is 3.03. The molecule has 1 atom stereocenters. The van der Waals surface area contributed by atoms with Gasteiger partial charge in [-0.3, -0.25) is 0 Å². The predicted molar refractivity (Wildman–Crippen MR) is 70.9 cm³/mol. The van der Waals surface area contributed by atoms with Gasteiger partial charge in [0.1, 0.15) is 0 Å². The van der Waals surface area contributed by atoms with Gasteiger partial charge in [-0.25, -0.2) is 0 Å². The molecule has 0 aliphatic rings. The first-order chi connectivity index (χ1) is 8.39. The number of hydrogen-bond donors (Lipinski definition) is 1. The molecule has 1 heterocycles. The number of aromatic nitrogens is 2. The van der Waals surface area contributed by atoms with Crippen LogP contribution in [0, 0.1) is 12.3 Å². The van der Waals surface area contributed by atoms with Crippen LogP contribution in [0.2, 0.25) is 0 Å². The lowest BCUT2D eigenvalue weighted by molar-refractivity contribution is 0.303. The fourth-order valence-corrected chi connectivity index (χ4v) is 1.67. The van der Waals surface area contributed by atoms with Crippen LogP contribution in [0.5, 0.6) is 0 Å². The Balaban J connectivity index is 2.35. The Morgan fingerprint density at radius 1 is 1.22 bits per heavy atom. The molecule has 0 bridgehead atoms. The van der Waals surface area contributed by atoms with Crippen LogP contribution in [0.25, 0.3) is 11.5 Å². The number of aryl methyl sites for hydroxylation is 1. The topological polar surface area (TPSA) is 64.9 Å². The van der Waals surface area contributed by atoms with Crippen LogP contribution in [0.3, 0.4) is 0 Å². The number of rotatable bonds is 2. The molecule has 0 saturated heterocycles. The van der Waals surface area contributed by atoms with E-state index in [2.05, 4.69) is 30.9 Å². The van der Waals surface area contributed by atoms with E-state index in [0.29, 0.717) is 11.7 Å². The first-order valence-electron chi connectivity index (χ1n) is 6.05. The Hall–Kier alpha value is -1.68. The van der Waals surface area contributed by atoms with Gasteiger partial charge in [0.25, 0.3) is 5.89 Å². The molecule has 0 spiro atoms. The molecule has 1 aromatic heterocycles. The van der Waals surface area contributed by atoms with Gasteiger partial charge in [0, 0.05) is 5.56 Å². The zero-order chi connectivity index (χ0) is 13.3. The molecule has 1 aromatic carbocycles. The maximum absolute atomic E-state index is 6.12. The summed E-state index contributed by atoms with van der Waals surface area (Å²) in [5.74, 6) is 1.09. The van der Waals surface area contributed by atoms with E-state index in [-0.39, 0.29) is 11.5 Å². The molecule has 0 fully saturated rings. The summed E-state index contributed by atoms with van der Waals surface area (Å²) in [6, 6.07) is 7.68. The van der Waals surface area contributed by atoms with Crippen LogP contribution in [-0.4, -0.2) is 10.1 Å². The molecular weight excluding hydrogens is 226 g/mol. The van der Waals surface area contributed by atoms with E-state index in [1.54, 1.807) is 0 Å². The smallest absolute Gasteiger partial charge is 0.258 e. The molecule has 2 rings (SSSR count). The Kier molecular flexibility index (Phi) is 3.22. The van der Waals surface area contributed by atoms with E-state index in [1.807, 2.05) is 31.2 Å². The Morgan fingerprint density at radius 3 is 2.50 bits per heavy atom. The fraction of sp³-hybridized carbons (Fsp3) is 0.429. The highest BCUT2D eigenvalue weighted by Crippen LogP contribution is 2.30. The van der Waals surface area contributed by atoms with Gasteiger partial charge < -0.3 is 10.3 Å². The first kappa shape index (κ1) is 12.8.